The fraction of sp³-hybridized carbons (Fsp3) is 0.625. The fourth-order valence-electron chi connectivity index (χ4n) is 3.87. The fourth-order valence-corrected chi connectivity index (χ4v) is 4.21. The molecule has 2 unspecified atom stereocenters. The molecule has 0 aliphatic heterocycles. The van der Waals surface area contributed by atoms with Crippen LogP contribution in [-0.2, 0) is 0 Å². The molecule has 2 saturated carbocycles. The van der Waals surface area contributed by atoms with Crippen molar-refractivity contribution in [3.63, 3.8) is 0 Å². The third kappa shape index (κ3) is 2.37. The number of hydrogen-bond acceptors (Lipinski definition) is 2. The van der Waals surface area contributed by atoms with Crippen LogP contribution in [0.4, 0.5) is 4.39 Å². The van der Waals surface area contributed by atoms with Crippen molar-refractivity contribution in [2.75, 3.05) is 6.54 Å². The van der Waals surface area contributed by atoms with Gasteiger partial charge in [0.15, 0.2) is 11.6 Å². The predicted octanol–water partition coefficient (Wildman–Crippen LogP) is 4.28. The van der Waals surface area contributed by atoms with E-state index in [4.69, 9.17) is 4.74 Å². The standard InChI is InChI=1S/C16H21BrFNO/c1-2-19-14-10-15(16(14)7-3-4-8-16)20-13-9-11(17)5-6-12(13)18/h5-6,9,14-15,19H,2-4,7-8,10H2,1H3. The van der Waals surface area contributed by atoms with Crippen LogP contribution in [0.2, 0.25) is 0 Å². The van der Waals surface area contributed by atoms with Crippen molar-refractivity contribution in [3.05, 3.63) is 28.5 Å². The maximum absolute atomic E-state index is 13.8. The lowest BCUT2D eigenvalue weighted by atomic mass is 9.60. The maximum Gasteiger partial charge on any atom is 0.165 e. The van der Waals surface area contributed by atoms with Gasteiger partial charge in [-0.1, -0.05) is 35.7 Å². The average molecular weight is 342 g/mol. The lowest BCUT2D eigenvalue weighted by Crippen LogP contribution is -2.63. The van der Waals surface area contributed by atoms with E-state index in [1.807, 2.05) is 0 Å². The molecule has 110 valence electrons. The Morgan fingerprint density at radius 2 is 2.15 bits per heavy atom. The molecule has 2 aliphatic carbocycles. The zero-order chi connectivity index (χ0) is 14.2. The molecule has 2 aliphatic rings. The third-order valence-corrected chi connectivity index (χ3v) is 5.43. The summed E-state index contributed by atoms with van der Waals surface area (Å²) in [7, 11) is 0. The summed E-state index contributed by atoms with van der Waals surface area (Å²) in [5.74, 6) is 0.110. The molecule has 0 amide bonds. The minimum absolute atomic E-state index is 0.151. The van der Waals surface area contributed by atoms with Gasteiger partial charge >= 0.3 is 0 Å². The summed E-state index contributed by atoms with van der Waals surface area (Å²) in [6.07, 6.45) is 6.07. The van der Waals surface area contributed by atoms with Crippen molar-refractivity contribution in [2.45, 2.75) is 51.2 Å². The largest absolute Gasteiger partial charge is 0.487 e. The van der Waals surface area contributed by atoms with Gasteiger partial charge < -0.3 is 10.1 Å². The van der Waals surface area contributed by atoms with Crippen LogP contribution in [0.15, 0.2) is 22.7 Å². The van der Waals surface area contributed by atoms with Crippen LogP contribution in [0.25, 0.3) is 0 Å². The second kappa shape index (κ2) is 5.64. The molecule has 1 aromatic rings. The summed E-state index contributed by atoms with van der Waals surface area (Å²) < 4.78 is 20.7. The van der Waals surface area contributed by atoms with Gasteiger partial charge in [-0.05, 0) is 37.6 Å². The summed E-state index contributed by atoms with van der Waals surface area (Å²) in [4.78, 5) is 0. The minimum Gasteiger partial charge on any atom is -0.487 e. The highest BCUT2D eigenvalue weighted by molar-refractivity contribution is 9.10. The molecule has 2 nitrogen and oxygen atoms in total. The Kier molecular flexibility index (Phi) is 4.04. The highest BCUT2D eigenvalue weighted by Crippen LogP contribution is 2.54. The Hall–Kier alpha value is -0.610. The van der Waals surface area contributed by atoms with E-state index < -0.39 is 0 Å². The van der Waals surface area contributed by atoms with Gasteiger partial charge in [0, 0.05) is 22.4 Å². The van der Waals surface area contributed by atoms with E-state index in [2.05, 4.69) is 28.2 Å². The molecule has 1 aromatic carbocycles. The van der Waals surface area contributed by atoms with Crippen LogP contribution in [-0.4, -0.2) is 18.7 Å². The van der Waals surface area contributed by atoms with Gasteiger partial charge in [-0.15, -0.1) is 0 Å². The lowest BCUT2D eigenvalue weighted by Gasteiger charge is -2.54. The molecule has 2 fully saturated rings. The number of halogens is 2. The molecule has 0 radical (unpaired) electrons. The van der Waals surface area contributed by atoms with Crippen LogP contribution >= 0.6 is 15.9 Å². The zero-order valence-corrected chi connectivity index (χ0v) is 13.4. The van der Waals surface area contributed by atoms with E-state index in [1.165, 1.54) is 31.7 Å². The smallest absolute Gasteiger partial charge is 0.165 e. The predicted molar refractivity (Wildman–Crippen MR) is 81.5 cm³/mol. The van der Waals surface area contributed by atoms with Crippen molar-refractivity contribution in [3.8, 4) is 5.75 Å². The SMILES string of the molecule is CCNC1CC(Oc2cc(Br)ccc2F)C12CCCC2. The molecule has 0 aromatic heterocycles. The van der Waals surface area contributed by atoms with Crippen molar-refractivity contribution in [1.82, 2.24) is 5.32 Å². The van der Waals surface area contributed by atoms with Crippen LogP contribution < -0.4 is 10.1 Å². The van der Waals surface area contributed by atoms with Crippen LogP contribution in [0.5, 0.6) is 5.75 Å². The third-order valence-electron chi connectivity index (χ3n) is 4.93. The molecule has 3 rings (SSSR count). The summed E-state index contributed by atoms with van der Waals surface area (Å²) >= 11 is 3.38. The molecular weight excluding hydrogens is 321 g/mol. The van der Waals surface area contributed by atoms with E-state index in [0.717, 1.165) is 17.4 Å². The summed E-state index contributed by atoms with van der Waals surface area (Å²) in [5, 5.41) is 3.57. The quantitative estimate of drug-likeness (QED) is 0.882. The van der Waals surface area contributed by atoms with Gasteiger partial charge in [0.25, 0.3) is 0 Å². The van der Waals surface area contributed by atoms with Gasteiger partial charge in [-0.3, -0.25) is 0 Å². The maximum atomic E-state index is 13.8. The molecule has 2 atom stereocenters. The molecule has 1 spiro atoms. The lowest BCUT2D eigenvalue weighted by molar-refractivity contribution is -0.0770. The Bertz CT molecular complexity index is 487. The first kappa shape index (κ1) is 14.3. The van der Waals surface area contributed by atoms with E-state index in [-0.39, 0.29) is 17.3 Å². The van der Waals surface area contributed by atoms with Crippen LogP contribution in [0.3, 0.4) is 0 Å². The summed E-state index contributed by atoms with van der Waals surface area (Å²) in [5.41, 5.74) is 0.227. The first-order chi connectivity index (χ1) is 9.65. The van der Waals surface area contributed by atoms with Crippen LogP contribution in [0.1, 0.15) is 39.0 Å². The molecule has 0 heterocycles. The molecule has 1 N–H and O–H groups in total. The van der Waals surface area contributed by atoms with Crippen molar-refractivity contribution >= 4 is 15.9 Å². The molecular formula is C16H21BrFNO. The van der Waals surface area contributed by atoms with Crippen molar-refractivity contribution in [2.24, 2.45) is 5.41 Å². The first-order valence-corrected chi connectivity index (χ1v) is 8.30. The Labute approximate surface area is 128 Å². The van der Waals surface area contributed by atoms with Gasteiger partial charge in [0.2, 0.25) is 0 Å². The Morgan fingerprint density at radius 1 is 1.40 bits per heavy atom. The Balaban J connectivity index is 1.76. The number of benzene rings is 1. The summed E-state index contributed by atoms with van der Waals surface area (Å²) in [6, 6.07) is 5.44. The van der Waals surface area contributed by atoms with Gasteiger partial charge in [-0.2, -0.15) is 0 Å². The monoisotopic (exact) mass is 341 g/mol. The molecule has 4 heteroatoms. The second-order valence-corrected chi connectivity index (χ2v) is 6.88. The van der Waals surface area contributed by atoms with Gasteiger partial charge in [0.05, 0.1) is 0 Å². The molecule has 20 heavy (non-hydrogen) atoms. The van der Waals surface area contributed by atoms with E-state index >= 15 is 0 Å². The van der Waals surface area contributed by atoms with E-state index in [9.17, 15) is 4.39 Å². The van der Waals surface area contributed by atoms with Crippen molar-refractivity contribution in [1.29, 1.82) is 0 Å². The van der Waals surface area contributed by atoms with Gasteiger partial charge in [0.1, 0.15) is 6.10 Å². The van der Waals surface area contributed by atoms with Gasteiger partial charge in [-0.25, -0.2) is 4.39 Å². The second-order valence-electron chi connectivity index (χ2n) is 5.97. The number of rotatable bonds is 4. The minimum atomic E-state index is -0.270. The highest BCUT2D eigenvalue weighted by Gasteiger charge is 2.57. The zero-order valence-electron chi connectivity index (χ0n) is 11.8. The number of ether oxygens (including phenoxy) is 1. The van der Waals surface area contributed by atoms with Crippen LogP contribution in [0, 0.1) is 11.2 Å². The Morgan fingerprint density at radius 3 is 2.85 bits per heavy atom. The topological polar surface area (TPSA) is 21.3 Å². The van der Waals surface area contributed by atoms with E-state index in [0.29, 0.717) is 11.8 Å². The first-order valence-electron chi connectivity index (χ1n) is 7.51. The molecule has 0 saturated heterocycles. The van der Waals surface area contributed by atoms with Crippen molar-refractivity contribution < 1.29 is 9.13 Å². The molecule has 0 bridgehead atoms. The number of hydrogen-bond donors (Lipinski definition) is 1. The summed E-state index contributed by atoms with van der Waals surface area (Å²) in [6.45, 7) is 3.13. The van der Waals surface area contributed by atoms with E-state index in [1.54, 1.807) is 12.1 Å². The normalized spacial score (nSPS) is 27.6. The number of nitrogens with one attached hydrogen (secondary N) is 1. The average Bonchev–Trinajstić information content (AvgIpc) is 2.94. The highest BCUT2D eigenvalue weighted by atomic mass is 79.9.